The first kappa shape index (κ1) is 20.8. The molecular formula is C19H24F3N5O3. The number of ether oxygens (including phenoxy) is 1. The molecule has 8 nitrogen and oxygen atoms in total. The zero-order valence-corrected chi connectivity index (χ0v) is 16.7. The summed E-state index contributed by atoms with van der Waals surface area (Å²) >= 11 is 0. The molecule has 1 atom stereocenters. The highest BCUT2D eigenvalue weighted by Crippen LogP contribution is 2.29. The van der Waals surface area contributed by atoms with Crippen molar-refractivity contribution in [3.63, 3.8) is 0 Å². The molecule has 0 radical (unpaired) electrons. The Balaban J connectivity index is 1.31. The van der Waals surface area contributed by atoms with Gasteiger partial charge in [-0.3, -0.25) is 9.48 Å². The summed E-state index contributed by atoms with van der Waals surface area (Å²) in [4.78, 5) is 18.7. The fraction of sp³-hybridized carbons (Fsp3) is 0.684. The van der Waals surface area contributed by atoms with Crippen LogP contribution in [-0.4, -0.2) is 57.0 Å². The number of alkyl halides is 3. The molecule has 2 aromatic heterocycles. The summed E-state index contributed by atoms with van der Waals surface area (Å²) in [5.74, 6) is 1.47. The highest BCUT2D eigenvalue weighted by Gasteiger charge is 2.35. The van der Waals surface area contributed by atoms with Gasteiger partial charge in [-0.25, -0.2) is 0 Å². The molecule has 0 saturated carbocycles. The first-order valence-electron chi connectivity index (χ1n) is 10.1. The van der Waals surface area contributed by atoms with E-state index in [0.29, 0.717) is 50.1 Å². The second-order valence-electron chi connectivity index (χ2n) is 7.96. The van der Waals surface area contributed by atoms with Gasteiger partial charge in [-0.1, -0.05) is 5.16 Å². The van der Waals surface area contributed by atoms with Gasteiger partial charge in [-0.05, 0) is 38.2 Å². The Morgan fingerprint density at radius 1 is 1.27 bits per heavy atom. The van der Waals surface area contributed by atoms with Crippen LogP contribution in [0.2, 0.25) is 0 Å². The third kappa shape index (κ3) is 4.66. The Morgan fingerprint density at radius 2 is 2.03 bits per heavy atom. The Labute approximate surface area is 171 Å². The van der Waals surface area contributed by atoms with E-state index in [-0.39, 0.29) is 24.3 Å². The zero-order chi connectivity index (χ0) is 21.3. The van der Waals surface area contributed by atoms with E-state index in [4.69, 9.17) is 9.26 Å². The average Bonchev–Trinajstić information content (AvgIpc) is 3.43. The molecule has 11 heteroatoms. The monoisotopic (exact) mass is 427 g/mol. The molecule has 4 heterocycles. The minimum Gasteiger partial charge on any atom is -0.381 e. The molecule has 4 rings (SSSR count). The fourth-order valence-electron chi connectivity index (χ4n) is 3.98. The van der Waals surface area contributed by atoms with Crippen molar-refractivity contribution in [2.75, 3.05) is 26.3 Å². The summed E-state index contributed by atoms with van der Waals surface area (Å²) in [6, 6.07) is 0.951. The molecule has 1 unspecified atom stereocenters. The summed E-state index contributed by atoms with van der Waals surface area (Å²) < 4.78 is 50.3. The highest BCUT2D eigenvalue weighted by molar-refractivity contribution is 5.76. The maximum absolute atomic E-state index is 12.8. The SMILES string of the molecule is Cc1cc(C(F)(F)F)nn1CC(=O)N1CCC(Cc2noc(C3CCOCC3)n2)C1. The van der Waals surface area contributed by atoms with Crippen molar-refractivity contribution in [1.29, 1.82) is 0 Å². The molecule has 2 saturated heterocycles. The predicted molar refractivity (Wildman–Crippen MR) is 97.4 cm³/mol. The van der Waals surface area contributed by atoms with Gasteiger partial charge in [0.1, 0.15) is 6.54 Å². The summed E-state index contributed by atoms with van der Waals surface area (Å²) in [5, 5.41) is 7.61. The zero-order valence-electron chi connectivity index (χ0n) is 16.7. The second-order valence-corrected chi connectivity index (χ2v) is 7.96. The Morgan fingerprint density at radius 3 is 2.73 bits per heavy atom. The van der Waals surface area contributed by atoms with Gasteiger partial charge < -0.3 is 14.2 Å². The third-order valence-corrected chi connectivity index (χ3v) is 5.72. The normalized spacial score (nSPS) is 20.8. The number of carbonyl (C=O) groups is 1. The molecule has 0 N–H and O–H groups in total. The van der Waals surface area contributed by atoms with E-state index < -0.39 is 11.9 Å². The quantitative estimate of drug-likeness (QED) is 0.729. The minimum atomic E-state index is -4.52. The molecule has 2 aromatic rings. The number of rotatable bonds is 5. The van der Waals surface area contributed by atoms with Crippen LogP contribution in [0.1, 0.15) is 48.3 Å². The first-order valence-corrected chi connectivity index (χ1v) is 10.1. The van der Waals surface area contributed by atoms with Crippen LogP contribution < -0.4 is 0 Å². The molecule has 0 aromatic carbocycles. The molecule has 1 amide bonds. The van der Waals surface area contributed by atoms with Crippen molar-refractivity contribution in [1.82, 2.24) is 24.8 Å². The van der Waals surface area contributed by atoms with Crippen molar-refractivity contribution in [2.45, 2.75) is 51.2 Å². The number of carbonyl (C=O) groups excluding carboxylic acids is 1. The van der Waals surface area contributed by atoms with E-state index >= 15 is 0 Å². The first-order chi connectivity index (χ1) is 14.3. The van der Waals surface area contributed by atoms with Crippen LogP contribution in [-0.2, 0) is 28.7 Å². The van der Waals surface area contributed by atoms with Crippen molar-refractivity contribution >= 4 is 5.91 Å². The van der Waals surface area contributed by atoms with Gasteiger partial charge >= 0.3 is 6.18 Å². The van der Waals surface area contributed by atoms with E-state index in [1.54, 1.807) is 4.90 Å². The number of amides is 1. The molecule has 0 aliphatic carbocycles. The number of hydrogen-bond acceptors (Lipinski definition) is 6. The maximum atomic E-state index is 12.8. The molecule has 0 spiro atoms. The standard InChI is InChI=1S/C19H24F3N5O3/c1-12-8-15(19(20,21)22)24-27(12)11-17(28)26-5-2-13(10-26)9-16-23-18(30-25-16)14-3-6-29-7-4-14/h8,13-14H,2-7,9-11H2,1H3. The molecule has 0 bridgehead atoms. The lowest BCUT2D eigenvalue weighted by molar-refractivity contribution is -0.142. The third-order valence-electron chi connectivity index (χ3n) is 5.72. The topological polar surface area (TPSA) is 86.3 Å². The Hall–Kier alpha value is -2.43. The smallest absolute Gasteiger partial charge is 0.381 e. The highest BCUT2D eigenvalue weighted by atomic mass is 19.4. The summed E-state index contributed by atoms with van der Waals surface area (Å²) in [7, 11) is 0. The van der Waals surface area contributed by atoms with Gasteiger partial charge in [0.25, 0.3) is 0 Å². The number of hydrogen-bond donors (Lipinski definition) is 0. The average molecular weight is 427 g/mol. The molecule has 2 aliphatic heterocycles. The summed E-state index contributed by atoms with van der Waals surface area (Å²) in [6.45, 7) is 3.77. The molecule has 30 heavy (non-hydrogen) atoms. The van der Waals surface area contributed by atoms with Gasteiger partial charge in [0.05, 0.1) is 0 Å². The Kier molecular flexibility index (Phi) is 5.81. The van der Waals surface area contributed by atoms with Crippen LogP contribution in [0.3, 0.4) is 0 Å². The van der Waals surface area contributed by atoms with Crippen molar-refractivity contribution in [3.8, 4) is 0 Å². The van der Waals surface area contributed by atoms with Gasteiger partial charge in [-0.15, -0.1) is 0 Å². The lowest BCUT2D eigenvalue weighted by atomic mass is 10.0. The number of aromatic nitrogens is 4. The largest absolute Gasteiger partial charge is 0.435 e. The molecular weight excluding hydrogens is 403 g/mol. The van der Waals surface area contributed by atoms with Gasteiger partial charge in [-0.2, -0.15) is 23.3 Å². The van der Waals surface area contributed by atoms with E-state index in [2.05, 4.69) is 15.2 Å². The summed E-state index contributed by atoms with van der Waals surface area (Å²) in [5.41, 5.74) is -0.677. The van der Waals surface area contributed by atoms with Crippen molar-refractivity contribution in [2.24, 2.45) is 5.92 Å². The number of aryl methyl sites for hydroxylation is 1. The van der Waals surface area contributed by atoms with Crippen molar-refractivity contribution < 1.29 is 27.2 Å². The summed E-state index contributed by atoms with van der Waals surface area (Å²) in [6.07, 6.45) is -1.38. The van der Waals surface area contributed by atoms with Crippen LogP contribution in [0.5, 0.6) is 0 Å². The van der Waals surface area contributed by atoms with Gasteiger partial charge in [0, 0.05) is 44.3 Å². The van der Waals surface area contributed by atoms with Crippen LogP contribution in [0.15, 0.2) is 10.6 Å². The maximum Gasteiger partial charge on any atom is 0.435 e. The second kappa shape index (κ2) is 8.37. The van der Waals surface area contributed by atoms with Crippen molar-refractivity contribution in [3.05, 3.63) is 29.2 Å². The van der Waals surface area contributed by atoms with E-state index in [0.717, 1.165) is 30.0 Å². The number of halogens is 3. The van der Waals surface area contributed by atoms with Crippen LogP contribution >= 0.6 is 0 Å². The lowest BCUT2D eigenvalue weighted by Gasteiger charge is -2.18. The molecule has 2 aliphatic rings. The van der Waals surface area contributed by atoms with Crippen LogP contribution in [0.25, 0.3) is 0 Å². The molecule has 2 fully saturated rings. The number of nitrogens with zero attached hydrogens (tertiary/aromatic N) is 5. The van der Waals surface area contributed by atoms with Gasteiger partial charge in [0.2, 0.25) is 11.8 Å². The minimum absolute atomic E-state index is 0.193. The number of likely N-dealkylation sites (tertiary alicyclic amines) is 1. The van der Waals surface area contributed by atoms with E-state index in [1.165, 1.54) is 6.92 Å². The Bertz CT molecular complexity index is 888. The van der Waals surface area contributed by atoms with E-state index in [1.807, 2.05) is 0 Å². The van der Waals surface area contributed by atoms with Crippen LogP contribution in [0.4, 0.5) is 13.2 Å². The fourth-order valence-corrected chi connectivity index (χ4v) is 3.98. The predicted octanol–water partition coefficient (Wildman–Crippen LogP) is 2.58. The van der Waals surface area contributed by atoms with E-state index in [9.17, 15) is 18.0 Å². The van der Waals surface area contributed by atoms with Crippen LogP contribution in [0, 0.1) is 12.8 Å². The molecule has 164 valence electrons. The lowest BCUT2D eigenvalue weighted by Crippen LogP contribution is -2.32. The van der Waals surface area contributed by atoms with Gasteiger partial charge in [0.15, 0.2) is 11.5 Å².